The highest BCUT2D eigenvalue weighted by Crippen LogP contribution is 2.72. The molecule has 2 bridgehead atoms. The van der Waals surface area contributed by atoms with E-state index in [4.69, 9.17) is 0 Å². The number of carbonyl (C=O) groups is 1. The first-order chi connectivity index (χ1) is 14.7. The second-order valence-corrected chi connectivity index (χ2v) is 16.5. The summed E-state index contributed by atoms with van der Waals surface area (Å²) in [6.07, 6.45) is 6.45. The second kappa shape index (κ2) is 8.03. The predicted octanol–water partition coefficient (Wildman–Crippen LogP) is 6.62. The number of benzene rings is 2. The third-order valence-corrected chi connectivity index (χ3v) is 15.4. The van der Waals surface area contributed by atoms with Crippen LogP contribution in [-0.4, -0.2) is 13.9 Å². The van der Waals surface area contributed by atoms with Gasteiger partial charge < -0.3 is 0 Å². The molecule has 3 fully saturated rings. The molecule has 2 heteroatoms. The van der Waals surface area contributed by atoms with Gasteiger partial charge in [0.1, 0.15) is 13.9 Å². The molecule has 0 aliphatic heterocycles. The van der Waals surface area contributed by atoms with Crippen molar-refractivity contribution in [3.05, 3.63) is 60.7 Å². The first-order valence-corrected chi connectivity index (χ1v) is 14.5. The van der Waals surface area contributed by atoms with Crippen molar-refractivity contribution in [2.75, 3.05) is 0 Å². The fraction of sp³-hybridized carbons (Fsp3) is 0.552. The zero-order valence-corrected chi connectivity index (χ0v) is 21.2. The van der Waals surface area contributed by atoms with Crippen LogP contribution in [0.2, 0.25) is 11.1 Å². The molecule has 0 radical (unpaired) electrons. The van der Waals surface area contributed by atoms with Gasteiger partial charge in [0.25, 0.3) is 0 Å². The maximum atomic E-state index is 13.6. The Morgan fingerprint density at radius 1 is 0.935 bits per heavy atom. The summed E-state index contributed by atoms with van der Waals surface area (Å²) in [5.74, 6) is 1.33. The van der Waals surface area contributed by atoms with Gasteiger partial charge in [-0.1, -0.05) is 112 Å². The monoisotopic (exact) mass is 432 g/mol. The van der Waals surface area contributed by atoms with Crippen molar-refractivity contribution in [1.82, 2.24) is 0 Å². The summed E-state index contributed by atoms with van der Waals surface area (Å²) in [6.45, 7) is 12.0. The lowest BCUT2D eigenvalue weighted by Crippen LogP contribution is -2.67. The predicted molar refractivity (Wildman–Crippen MR) is 135 cm³/mol. The number of rotatable bonds is 8. The first kappa shape index (κ1) is 22.5. The van der Waals surface area contributed by atoms with Crippen LogP contribution in [0.15, 0.2) is 60.7 Å². The molecule has 0 amide bonds. The Kier molecular flexibility index (Phi) is 5.83. The van der Waals surface area contributed by atoms with Gasteiger partial charge in [0.15, 0.2) is 0 Å². The zero-order chi connectivity index (χ0) is 22.3. The fourth-order valence-electron chi connectivity index (χ4n) is 7.31. The van der Waals surface area contributed by atoms with Crippen LogP contribution in [0, 0.1) is 16.7 Å². The second-order valence-electron chi connectivity index (χ2n) is 11.7. The Hall–Kier alpha value is -1.67. The Labute approximate surface area is 190 Å². The van der Waals surface area contributed by atoms with Gasteiger partial charge in [-0.15, -0.1) is 0 Å². The average molecular weight is 433 g/mol. The Bertz CT molecular complexity index is 865. The minimum absolute atomic E-state index is 0.0695. The van der Waals surface area contributed by atoms with Gasteiger partial charge in [0, 0.05) is 11.8 Å². The van der Waals surface area contributed by atoms with E-state index in [-0.39, 0.29) is 15.9 Å². The van der Waals surface area contributed by atoms with Gasteiger partial charge in [0.2, 0.25) is 0 Å². The maximum Gasteiger partial charge on any atom is 0.139 e. The van der Waals surface area contributed by atoms with Crippen molar-refractivity contribution in [1.29, 1.82) is 0 Å². The van der Waals surface area contributed by atoms with E-state index in [0.717, 1.165) is 38.0 Å². The summed E-state index contributed by atoms with van der Waals surface area (Å²) in [4.78, 5) is 13.6. The third-order valence-electron chi connectivity index (χ3n) is 8.93. The summed E-state index contributed by atoms with van der Waals surface area (Å²) in [6, 6.07) is 23.8. The lowest BCUT2D eigenvalue weighted by molar-refractivity contribution is -0.138. The van der Waals surface area contributed by atoms with Gasteiger partial charge in [-0.25, -0.2) is 0 Å². The summed E-state index contributed by atoms with van der Waals surface area (Å²) >= 11 is 0. The van der Waals surface area contributed by atoms with Crippen LogP contribution in [0.4, 0.5) is 0 Å². The number of ketones is 1. The molecule has 0 aromatic heterocycles. The number of unbranched alkanes of at least 4 members (excludes halogenated alkanes) is 1. The number of Topliss-reactive ketones (excluding diaryl/α,β-unsaturated/α-hetero) is 1. The molecule has 0 N–H and O–H groups in total. The Morgan fingerprint density at radius 2 is 1.45 bits per heavy atom. The van der Waals surface area contributed by atoms with Gasteiger partial charge in [0.05, 0.1) is 0 Å². The van der Waals surface area contributed by atoms with Crippen molar-refractivity contribution in [3.8, 4) is 0 Å². The van der Waals surface area contributed by atoms with Gasteiger partial charge in [-0.2, -0.15) is 0 Å². The molecule has 3 aliphatic rings. The van der Waals surface area contributed by atoms with Crippen molar-refractivity contribution in [3.63, 3.8) is 0 Å². The van der Waals surface area contributed by atoms with Gasteiger partial charge in [-0.05, 0) is 48.1 Å². The fourth-order valence-corrected chi connectivity index (χ4v) is 13.5. The van der Waals surface area contributed by atoms with Crippen molar-refractivity contribution in [2.45, 2.75) is 84.2 Å². The van der Waals surface area contributed by atoms with E-state index >= 15 is 0 Å². The van der Waals surface area contributed by atoms with Crippen LogP contribution < -0.4 is 10.4 Å². The van der Waals surface area contributed by atoms with Crippen LogP contribution >= 0.6 is 0 Å². The molecule has 0 heterocycles. The molecule has 2 aromatic carbocycles. The van der Waals surface area contributed by atoms with E-state index in [1.807, 2.05) is 0 Å². The Morgan fingerprint density at radius 3 is 1.90 bits per heavy atom. The lowest BCUT2D eigenvalue weighted by Gasteiger charge is -2.53. The highest BCUT2D eigenvalue weighted by atomic mass is 28.3. The van der Waals surface area contributed by atoms with Crippen molar-refractivity contribution >= 4 is 24.2 Å². The molecule has 3 aliphatic carbocycles. The largest absolute Gasteiger partial charge is 0.299 e. The van der Waals surface area contributed by atoms with E-state index < -0.39 is 8.07 Å². The minimum Gasteiger partial charge on any atom is -0.299 e. The van der Waals surface area contributed by atoms with Crippen molar-refractivity contribution < 1.29 is 4.79 Å². The summed E-state index contributed by atoms with van der Waals surface area (Å²) in [7, 11) is -2.18. The van der Waals surface area contributed by atoms with Crippen LogP contribution in [0.5, 0.6) is 0 Å². The van der Waals surface area contributed by atoms with E-state index in [0.29, 0.717) is 5.78 Å². The summed E-state index contributed by atoms with van der Waals surface area (Å²) < 4.78 is 0. The molecule has 31 heavy (non-hydrogen) atoms. The molecule has 3 saturated carbocycles. The molecule has 5 rings (SSSR count). The number of fused-ring (bicyclic) bond motifs is 1. The average Bonchev–Trinajstić information content (AvgIpc) is 3.18. The normalized spacial score (nSPS) is 27.7. The first-order valence-electron chi connectivity index (χ1n) is 12.3. The molecule has 0 unspecified atom stereocenters. The molecule has 166 valence electrons. The molecule has 0 spiro atoms. The summed E-state index contributed by atoms with van der Waals surface area (Å²) in [5, 5.41) is 3.20. The number of carbonyl (C=O) groups excluding carboxylic acids is 1. The number of hydrogen-bond acceptors (Lipinski definition) is 1. The van der Waals surface area contributed by atoms with E-state index in [2.05, 4.69) is 95.3 Å². The molecular weight excluding hydrogens is 392 g/mol. The van der Waals surface area contributed by atoms with E-state index in [9.17, 15) is 4.79 Å². The SMILES string of the molecule is CCCCC(=O)C12CC(C1)C[C@@]2(C)C[Si](c1ccccc1)(c1ccccc1)C(C)(C)C. The molecule has 2 aromatic rings. The topological polar surface area (TPSA) is 17.1 Å². The minimum atomic E-state index is -2.18. The standard InChI is InChI=1S/C29H40OSi/c1-6-7-18-26(30)29-20-23(21-29)19-28(29,5)22-31(27(2,3)4,24-14-10-8-11-15-24)25-16-12-9-13-17-25/h8-17,23H,6-7,18-22H2,1-5H3/t23?,28-,29?/m0/s1. The quantitative estimate of drug-likeness (QED) is 0.429. The van der Waals surface area contributed by atoms with E-state index in [1.165, 1.54) is 22.8 Å². The van der Waals surface area contributed by atoms with Gasteiger partial charge >= 0.3 is 0 Å². The van der Waals surface area contributed by atoms with E-state index in [1.54, 1.807) is 0 Å². The molecule has 1 nitrogen and oxygen atoms in total. The molecular formula is C29H40OSi. The summed E-state index contributed by atoms with van der Waals surface area (Å²) in [5.41, 5.74) is 0.0353. The molecule has 0 saturated heterocycles. The number of hydrogen-bond donors (Lipinski definition) is 0. The van der Waals surface area contributed by atoms with Crippen LogP contribution in [0.3, 0.4) is 0 Å². The molecule has 1 atom stereocenters. The van der Waals surface area contributed by atoms with Crippen molar-refractivity contribution in [2.24, 2.45) is 16.7 Å². The maximum absolute atomic E-state index is 13.6. The van der Waals surface area contributed by atoms with Crippen LogP contribution in [-0.2, 0) is 4.79 Å². The lowest BCUT2D eigenvalue weighted by atomic mass is 9.58. The third kappa shape index (κ3) is 3.46. The smallest absolute Gasteiger partial charge is 0.139 e. The highest BCUT2D eigenvalue weighted by Gasteiger charge is 2.69. The zero-order valence-electron chi connectivity index (χ0n) is 20.2. The van der Waals surface area contributed by atoms with Crippen LogP contribution in [0.1, 0.15) is 73.1 Å². The highest BCUT2D eigenvalue weighted by molar-refractivity contribution is 7.04. The Balaban J connectivity index is 1.85. The van der Waals surface area contributed by atoms with Gasteiger partial charge in [-0.3, -0.25) is 4.79 Å². The van der Waals surface area contributed by atoms with Crippen LogP contribution in [0.25, 0.3) is 0 Å².